The Hall–Kier alpha value is -2.66. The van der Waals surface area contributed by atoms with Crippen LogP contribution in [0.5, 0.6) is 5.75 Å². The molecular weight excluding hydrogens is 391 g/mol. The summed E-state index contributed by atoms with van der Waals surface area (Å²) in [5, 5.41) is 1.31. The zero-order valence-corrected chi connectivity index (χ0v) is 17.0. The Morgan fingerprint density at radius 2 is 1.86 bits per heavy atom. The summed E-state index contributed by atoms with van der Waals surface area (Å²) in [6.07, 6.45) is 2.61. The topological polar surface area (TPSA) is 42.4 Å². The van der Waals surface area contributed by atoms with Crippen LogP contribution in [0.1, 0.15) is 26.2 Å². The van der Waals surface area contributed by atoms with Gasteiger partial charge in [0.15, 0.2) is 6.10 Å². The van der Waals surface area contributed by atoms with Crippen molar-refractivity contribution in [2.24, 2.45) is 0 Å². The number of likely N-dealkylation sites (tertiary alicyclic amines) is 1. The van der Waals surface area contributed by atoms with Gasteiger partial charge >= 0.3 is 0 Å². The van der Waals surface area contributed by atoms with Gasteiger partial charge in [-0.2, -0.15) is 4.39 Å². The average molecular weight is 413 g/mol. The molecule has 150 valence electrons. The molecule has 6 heteroatoms. The molecule has 1 aromatic heterocycles. The van der Waals surface area contributed by atoms with E-state index < -0.39 is 12.1 Å². The van der Waals surface area contributed by atoms with Crippen LogP contribution >= 0.6 is 11.6 Å². The number of ether oxygens (including phenoxy) is 1. The molecule has 0 N–H and O–H groups in total. The number of carbonyl (C=O) groups is 1. The quantitative estimate of drug-likeness (QED) is 0.533. The molecule has 29 heavy (non-hydrogen) atoms. The van der Waals surface area contributed by atoms with E-state index >= 15 is 0 Å². The van der Waals surface area contributed by atoms with Gasteiger partial charge in [0, 0.05) is 41.2 Å². The summed E-state index contributed by atoms with van der Waals surface area (Å²) in [4.78, 5) is 18.5. The van der Waals surface area contributed by atoms with E-state index in [0.29, 0.717) is 21.9 Å². The van der Waals surface area contributed by atoms with Crippen LogP contribution in [0.25, 0.3) is 22.0 Å². The van der Waals surface area contributed by atoms with Crippen molar-refractivity contribution in [1.29, 1.82) is 0 Å². The molecule has 4 rings (SSSR count). The van der Waals surface area contributed by atoms with Gasteiger partial charge < -0.3 is 9.64 Å². The van der Waals surface area contributed by atoms with Crippen molar-refractivity contribution in [3.05, 3.63) is 59.5 Å². The van der Waals surface area contributed by atoms with Crippen molar-refractivity contribution in [1.82, 2.24) is 9.88 Å². The zero-order chi connectivity index (χ0) is 20.4. The highest BCUT2D eigenvalue weighted by Crippen LogP contribution is 2.34. The highest BCUT2D eigenvalue weighted by Gasteiger charge is 2.23. The molecule has 1 aliphatic heterocycles. The van der Waals surface area contributed by atoms with Gasteiger partial charge in [0.1, 0.15) is 5.75 Å². The van der Waals surface area contributed by atoms with Crippen molar-refractivity contribution < 1.29 is 13.9 Å². The maximum atomic E-state index is 14.2. The number of halogens is 2. The lowest BCUT2D eigenvalue weighted by Crippen LogP contribution is -2.43. The van der Waals surface area contributed by atoms with E-state index in [1.807, 2.05) is 29.2 Å². The third-order valence-corrected chi connectivity index (χ3v) is 5.57. The van der Waals surface area contributed by atoms with E-state index in [4.69, 9.17) is 16.3 Å². The highest BCUT2D eigenvalue weighted by molar-refractivity contribution is 6.33. The van der Waals surface area contributed by atoms with Gasteiger partial charge in [0.25, 0.3) is 5.91 Å². The maximum Gasteiger partial charge on any atom is 0.263 e. The molecule has 0 aliphatic carbocycles. The molecule has 2 aromatic carbocycles. The molecule has 3 aromatic rings. The van der Waals surface area contributed by atoms with E-state index in [1.54, 1.807) is 25.1 Å². The Balaban J connectivity index is 1.63. The number of amides is 1. The Morgan fingerprint density at radius 3 is 2.62 bits per heavy atom. The fourth-order valence-electron chi connectivity index (χ4n) is 3.78. The molecule has 1 saturated heterocycles. The van der Waals surface area contributed by atoms with Crippen LogP contribution in [0, 0.1) is 5.95 Å². The minimum absolute atomic E-state index is 0.0197. The third kappa shape index (κ3) is 4.20. The molecule has 4 nitrogen and oxygen atoms in total. The smallest absolute Gasteiger partial charge is 0.263 e. The van der Waals surface area contributed by atoms with Crippen LogP contribution in [0.15, 0.2) is 48.5 Å². The Bertz CT molecular complexity index is 1050. The SMILES string of the molecule is CC(Oc1ccc2c(-c3ccccc3Cl)cc(F)nc2c1)C(=O)N1CCCCC1. The number of hydrogen-bond acceptors (Lipinski definition) is 3. The minimum atomic E-state index is -0.609. The van der Waals surface area contributed by atoms with E-state index in [9.17, 15) is 9.18 Å². The standard InChI is InChI=1S/C23H22ClFN2O2/c1-15(23(28)27-11-5-2-6-12-27)29-16-9-10-18-19(14-22(25)26-21(18)13-16)17-7-3-4-8-20(17)24/h3-4,7-10,13-15H,2,5-6,11-12H2,1H3. The first-order chi connectivity index (χ1) is 14.0. The number of aromatic nitrogens is 1. The fourth-order valence-corrected chi connectivity index (χ4v) is 4.02. The lowest BCUT2D eigenvalue weighted by Gasteiger charge is -2.29. The van der Waals surface area contributed by atoms with Crippen molar-refractivity contribution in [3.8, 4) is 16.9 Å². The van der Waals surface area contributed by atoms with Gasteiger partial charge in [-0.15, -0.1) is 0 Å². The first-order valence-corrected chi connectivity index (χ1v) is 10.2. The molecule has 2 heterocycles. The van der Waals surface area contributed by atoms with Gasteiger partial charge in [0.05, 0.1) is 5.52 Å². The van der Waals surface area contributed by atoms with Crippen molar-refractivity contribution in [2.75, 3.05) is 13.1 Å². The van der Waals surface area contributed by atoms with Gasteiger partial charge in [-0.05, 0) is 49.9 Å². The van der Waals surface area contributed by atoms with Gasteiger partial charge in [-0.3, -0.25) is 4.79 Å². The Labute approximate surface area is 174 Å². The van der Waals surface area contributed by atoms with Gasteiger partial charge in [-0.25, -0.2) is 4.98 Å². The molecule has 0 bridgehead atoms. The molecule has 1 aliphatic rings. The molecule has 0 spiro atoms. The summed E-state index contributed by atoms with van der Waals surface area (Å²) in [5.74, 6) is -0.130. The highest BCUT2D eigenvalue weighted by atomic mass is 35.5. The molecule has 1 fully saturated rings. The molecule has 0 radical (unpaired) electrons. The lowest BCUT2D eigenvalue weighted by molar-refractivity contribution is -0.138. The number of fused-ring (bicyclic) bond motifs is 1. The second-order valence-corrected chi connectivity index (χ2v) is 7.70. The van der Waals surface area contributed by atoms with E-state index in [2.05, 4.69) is 4.98 Å². The van der Waals surface area contributed by atoms with Crippen molar-refractivity contribution >= 4 is 28.4 Å². The lowest BCUT2D eigenvalue weighted by atomic mass is 10.0. The molecule has 1 amide bonds. The van der Waals surface area contributed by atoms with Crippen LogP contribution in [-0.4, -0.2) is 35.0 Å². The van der Waals surface area contributed by atoms with Crippen molar-refractivity contribution in [3.63, 3.8) is 0 Å². The summed E-state index contributed by atoms with van der Waals surface area (Å²) in [6, 6.07) is 14.0. The van der Waals surface area contributed by atoms with Crippen LogP contribution in [-0.2, 0) is 4.79 Å². The van der Waals surface area contributed by atoms with E-state index in [1.165, 1.54) is 6.07 Å². The van der Waals surface area contributed by atoms with Crippen molar-refractivity contribution in [2.45, 2.75) is 32.3 Å². The summed E-state index contributed by atoms with van der Waals surface area (Å²) < 4.78 is 20.1. The number of piperidine rings is 1. The Morgan fingerprint density at radius 1 is 1.10 bits per heavy atom. The second-order valence-electron chi connectivity index (χ2n) is 7.30. The summed E-state index contributed by atoms with van der Waals surface area (Å²) >= 11 is 6.31. The van der Waals surface area contributed by atoms with E-state index in [-0.39, 0.29) is 5.91 Å². The monoisotopic (exact) mass is 412 g/mol. The second kappa shape index (κ2) is 8.37. The average Bonchev–Trinajstić information content (AvgIpc) is 2.73. The normalized spacial score (nSPS) is 15.3. The predicted octanol–water partition coefficient (Wildman–Crippen LogP) is 5.47. The first kappa shape index (κ1) is 19.6. The summed E-state index contributed by atoms with van der Waals surface area (Å²) in [5.41, 5.74) is 1.86. The molecule has 1 unspecified atom stereocenters. The third-order valence-electron chi connectivity index (χ3n) is 5.24. The number of nitrogens with zero attached hydrogens (tertiary/aromatic N) is 2. The number of benzene rings is 2. The zero-order valence-electron chi connectivity index (χ0n) is 16.2. The number of hydrogen-bond donors (Lipinski definition) is 0. The first-order valence-electron chi connectivity index (χ1n) is 9.83. The Kier molecular flexibility index (Phi) is 5.67. The number of carbonyl (C=O) groups excluding carboxylic acids is 1. The molecule has 1 atom stereocenters. The maximum absolute atomic E-state index is 14.2. The van der Waals surface area contributed by atoms with Gasteiger partial charge in [0.2, 0.25) is 5.95 Å². The number of pyridine rings is 1. The molecule has 0 saturated carbocycles. The van der Waals surface area contributed by atoms with Crippen LogP contribution < -0.4 is 4.74 Å². The summed E-state index contributed by atoms with van der Waals surface area (Å²) in [6.45, 7) is 3.30. The summed E-state index contributed by atoms with van der Waals surface area (Å²) in [7, 11) is 0. The van der Waals surface area contributed by atoms with Crippen LogP contribution in [0.3, 0.4) is 0 Å². The minimum Gasteiger partial charge on any atom is -0.481 e. The number of rotatable bonds is 4. The fraction of sp³-hybridized carbons (Fsp3) is 0.304. The van der Waals surface area contributed by atoms with Gasteiger partial charge in [-0.1, -0.05) is 29.8 Å². The largest absolute Gasteiger partial charge is 0.481 e. The van der Waals surface area contributed by atoms with E-state index in [0.717, 1.165) is 43.3 Å². The molecular formula is C23H22ClFN2O2. The predicted molar refractivity (Wildman–Crippen MR) is 113 cm³/mol. The van der Waals surface area contributed by atoms with Crippen LogP contribution in [0.2, 0.25) is 5.02 Å². The van der Waals surface area contributed by atoms with Crippen LogP contribution in [0.4, 0.5) is 4.39 Å².